The number of aliphatic hydroxyl groups is 1. The summed E-state index contributed by atoms with van der Waals surface area (Å²) in [5, 5.41) is 11.0. The quantitative estimate of drug-likeness (QED) is 0.405. The van der Waals surface area contributed by atoms with Gasteiger partial charge in [-0.2, -0.15) is 13.2 Å². The van der Waals surface area contributed by atoms with Gasteiger partial charge in [0.1, 0.15) is 11.5 Å². The van der Waals surface area contributed by atoms with Gasteiger partial charge in [-0.15, -0.1) is 0 Å². The number of hydrogen-bond donors (Lipinski definition) is 1. The molecule has 0 saturated heterocycles. The average Bonchev–Trinajstić information content (AvgIpc) is 2.72. The zero-order valence-corrected chi connectivity index (χ0v) is 16.2. The highest BCUT2D eigenvalue weighted by Crippen LogP contribution is 2.32. The zero-order valence-electron chi connectivity index (χ0n) is 16.2. The fourth-order valence-electron chi connectivity index (χ4n) is 2.89. The standard InChI is InChI=1S/C22H20F3NO4/c1-2-3-10-29-21(28)20-19(13-27)18-9-8-17(11-14(18)12-26-20)30-16-6-4-15(5-7-16)22(23,24)25/h4-9,11-12,27H,2-3,10,13H2,1H3. The number of fused-ring (bicyclic) bond motifs is 1. The van der Waals surface area contributed by atoms with Crippen molar-refractivity contribution in [3.63, 3.8) is 0 Å². The SMILES string of the molecule is CCCCOC(=O)c1ncc2cc(Oc3ccc(C(F)(F)F)cc3)ccc2c1CO. The second-order valence-electron chi connectivity index (χ2n) is 6.61. The summed E-state index contributed by atoms with van der Waals surface area (Å²) < 4.78 is 48.8. The van der Waals surface area contributed by atoms with Crippen LogP contribution in [0.25, 0.3) is 10.8 Å². The molecule has 30 heavy (non-hydrogen) atoms. The number of nitrogens with zero attached hydrogens (tertiary/aromatic N) is 1. The molecule has 1 heterocycles. The summed E-state index contributed by atoms with van der Waals surface area (Å²) in [5.41, 5.74) is -0.365. The van der Waals surface area contributed by atoms with E-state index >= 15 is 0 Å². The van der Waals surface area contributed by atoms with Gasteiger partial charge in [0.25, 0.3) is 0 Å². The molecule has 0 bridgehead atoms. The summed E-state index contributed by atoms with van der Waals surface area (Å²) in [6, 6.07) is 9.25. The molecule has 0 radical (unpaired) electrons. The van der Waals surface area contributed by atoms with Crippen molar-refractivity contribution in [2.75, 3.05) is 6.61 Å². The summed E-state index contributed by atoms with van der Waals surface area (Å²) in [6.45, 7) is 1.85. The van der Waals surface area contributed by atoms with Crippen LogP contribution >= 0.6 is 0 Å². The van der Waals surface area contributed by atoms with E-state index in [-0.39, 0.29) is 18.1 Å². The first-order valence-electron chi connectivity index (χ1n) is 9.38. The van der Waals surface area contributed by atoms with Crippen LogP contribution in [-0.4, -0.2) is 22.7 Å². The molecule has 0 unspecified atom stereocenters. The van der Waals surface area contributed by atoms with E-state index in [4.69, 9.17) is 9.47 Å². The number of carbonyl (C=O) groups excluding carboxylic acids is 1. The highest BCUT2D eigenvalue weighted by atomic mass is 19.4. The minimum Gasteiger partial charge on any atom is -0.461 e. The van der Waals surface area contributed by atoms with Crippen LogP contribution in [0.2, 0.25) is 0 Å². The third kappa shape index (κ3) is 4.88. The number of unbranched alkanes of at least 4 members (excludes halogenated alkanes) is 1. The number of hydrogen-bond acceptors (Lipinski definition) is 5. The Labute approximate surface area is 171 Å². The molecule has 3 aromatic rings. The maximum absolute atomic E-state index is 12.7. The lowest BCUT2D eigenvalue weighted by atomic mass is 10.0. The molecule has 0 aliphatic heterocycles. The summed E-state index contributed by atoms with van der Waals surface area (Å²) in [7, 11) is 0. The molecule has 0 aliphatic carbocycles. The lowest BCUT2D eigenvalue weighted by molar-refractivity contribution is -0.137. The van der Waals surface area contributed by atoms with E-state index in [0.29, 0.717) is 22.1 Å². The van der Waals surface area contributed by atoms with Gasteiger partial charge in [0.2, 0.25) is 0 Å². The second kappa shape index (κ2) is 9.13. The minimum atomic E-state index is -4.41. The van der Waals surface area contributed by atoms with Crippen LogP contribution in [0.5, 0.6) is 11.5 Å². The van der Waals surface area contributed by atoms with Gasteiger partial charge < -0.3 is 14.6 Å². The number of carbonyl (C=O) groups is 1. The molecule has 158 valence electrons. The van der Waals surface area contributed by atoms with Crippen molar-refractivity contribution >= 4 is 16.7 Å². The van der Waals surface area contributed by atoms with Crippen LogP contribution < -0.4 is 4.74 Å². The molecule has 1 aromatic heterocycles. The van der Waals surface area contributed by atoms with Crippen molar-refractivity contribution in [3.05, 3.63) is 65.5 Å². The number of benzene rings is 2. The van der Waals surface area contributed by atoms with E-state index < -0.39 is 24.3 Å². The Bertz CT molecular complexity index is 1030. The van der Waals surface area contributed by atoms with Crippen molar-refractivity contribution < 1.29 is 32.5 Å². The Morgan fingerprint density at radius 3 is 2.43 bits per heavy atom. The van der Waals surface area contributed by atoms with E-state index in [0.717, 1.165) is 25.0 Å². The Morgan fingerprint density at radius 1 is 1.10 bits per heavy atom. The first-order chi connectivity index (χ1) is 14.3. The Kier molecular flexibility index (Phi) is 6.56. The maximum Gasteiger partial charge on any atom is 0.416 e. The average molecular weight is 419 g/mol. The van der Waals surface area contributed by atoms with Crippen LogP contribution in [-0.2, 0) is 17.5 Å². The van der Waals surface area contributed by atoms with Crippen LogP contribution in [0.15, 0.2) is 48.7 Å². The van der Waals surface area contributed by atoms with Gasteiger partial charge in [0.05, 0.1) is 18.8 Å². The number of ether oxygens (including phenoxy) is 2. The molecule has 8 heteroatoms. The van der Waals surface area contributed by atoms with E-state index in [1.54, 1.807) is 18.2 Å². The van der Waals surface area contributed by atoms with Gasteiger partial charge in [0.15, 0.2) is 5.69 Å². The molecular weight excluding hydrogens is 399 g/mol. The summed E-state index contributed by atoms with van der Waals surface area (Å²) in [5.74, 6) is 0.0273. The molecule has 5 nitrogen and oxygen atoms in total. The number of esters is 1. The van der Waals surface area contributed by atoms with E-state index in [9.17, 15) is 23.1 Å². The van der Waals surface area contributed by atoms with Crippen LogP contribution in [0, 0.1) is 0 Å². The topological polar surface area (TPSA) is 68.7 Å². The molecule has 0 atom stereocenters. The monoisotopic (exact) mass is 419 g/mol. The third-order valence-electron chi connectivity index (χ3n) is 4.47. The van der Waals surface area contributed by atoms with Crippen LogP contribution in [0.3, 0.4) is 0 Å². The van der Waals surface area contributed by atoms with Crippen molar-refractivity contribution in [2.45, 2.75) is 32.5 Å². The van der Waals surface area contributed by atoms with Crippen molar-refractivity contribution in [1.82, 2.24) is 4.98 Å². The summed E-state index contributed by atoms with van der Waals surface area (Å²) >= 11 is 0. The molecule has 2 aromatic carbocycles. The summed E-state index contributed by atoms with van der Waals surface area (Å²) in [6.07, 6.45) is -1.33. The molecule has 3 rings (SSSR count). The lowest BCUT2D eigenvalue weighted by Crippen LogP contribution is -2.12. The number of aromatic nitrogens is 1. The Hall–Kier alpha value is -3.13. The molecule has 0 fully saturated rings. The Morgan fingerprint density at radius 2 is 1.80 bits per heavy atom. The van der Waals surface area contributed by atoms with Crippen molar-refractivity contribution in [2.24, 2.45) is 0 Å². The lowest BCUT2D eigenvalue weighted by Gasteiger charge is -2.12. The highest BCUT2D eigenvalue weighted by Gasteiger charge is 2.30. The molecular formula is C22H20F3NO4. The van der Waals surface area contributed by atoms with Crippen LogP contribution in [0.4, 0.5) is 13.2 Å². The summed E-state index contributed by atoms with van der Waals surface area (Å²) in [4.78, 5) is 16.4. The van der Waals surface area contributed by atoms with Gasteiger partial charge in [-0.25, -0.2) is 9.78 Å². The van der Waals surface area contributed by atoms with Gasteiger partial charge in [-0.1, -0.05) is 19.4 Å². The molecule has 0 aliphatic rings. The predicted octanol–water partition coefficient (Wildman–Crippen LogP) is 5.50. The largest absolute Gasteiger partial charge is 0.461 e. The van der Waals surface area contributed by atoms with Crippen molar-refractivity contribution in [3.8, 4) is 11.5 Å². The van der Waals surface area contributed by atoms with E-state index in [2.05, 4.69) is 4.98 Å². The fraction of sp³-hybridized carbons (Fsp3) is 0.273. The zero-order chi connectivity index (χ0) is 21.7. The van der Waals surface area contributed by atoms with Crippen LogP contribution in [0.1, 0.15) is 41.4 Å². The number of aliphatic hydroxyl groups excluding tert-OH is 1. The Balaban J connectivity index is 1.84. The number of rotatable bonds is 7. The third-order valence-corrected chi connectivity index (χ3v) is 4.47. The van der Waals surface area contributed by atoms with Gasteiger partial charge in [0, 0.05) is 17.1 Å². The van der Waals surface area contributed by atoms with E-state index in [1.165, 1.54) is 18.3 Å². The van der Waals surface area contributed by atoms with Gasteiger partial charge in [-0.05, 0) is 48.2 Å². The normalized spacial score (nSPS) is 11.5. The van der Waals surface area contributed by atoms with Crippen molar-refractivity contribution in [1.29, 1.82) is 0 Å². The maximum atomic E-state index is 12.7. The number of pyridine rings is 1. The highest BCUT2D eigenvalue weighted by molar-refractivity contribution is 5.96. The molecule has 1 N–H and O–H groups in total. The minimum absolute atomic E-state index is 0.0533. The molecule has 0 saturated carbocycles. The van der Waals surface area contributed by atoms with Gasteiger partial charge >= 0.3 is 12.1 Å². The first kappa shape index (κ1) is 21.6. The smallest absolute Gasteiger partial charge is 0.416 e. The fourth-order valence-corrected chi connectivity index (χ4v) is 2.89. The molecule has 0 spiro atoms. The number of halogens is 3. The molecule has 0 amide bonds. The number of alkyl halides is 3. The first-order valence-corrected chi connectivity index (χ1v) is 9.38. The van der Waals surface area contributed by atoms with Gasteiger partial charge in [-0.3, -0.25) is 0 Å². The second-order valence-corrected chi connectivity index (χ2v) is 6.61. The van der Waals surface area contributed by atoms with E-state index in [1.807, 2.05) is 6.92 Å². The predicted molar refractivity (Wildman–Crippen MR) is 104 cm³/mol.